The first-order valence-corrected chi connectivity index (χ1v) is 7.21. The third-order valence-corrected chi connectivity index (χ3v) is 3.37. The van der Waals surface area contributed by atoms with Gasteiger partial charge in [-0.3, -0.25) is 9.59 Å². The molecule has 6 heteroatoms. The molecular formula is C17H16N4O2. The monoisotopic (exact) mass is 308 g/mol. The predicted octanol–water partition coefficient (Wildman–Crippen LogP) is 2.10. The molecule has 0 aliphatic rings. The molecule has 0 spiro atoms. The van der Waals surface area contributed by atoms with E-state index < -0.39 is 0 Å². The zero-order valence-corrected chi connectivity index (χ0v) is 12.6. The average Bonchev–Trinajstić information content (AvgIpc) is 2.98. The van der Waals surface area contributed by atoms with Crippen molar-refractivity contribution < 1.29 is 9.59 Å². The molecule has 23 heavy (non-hydrogen) atoms. The summed E-state index contributed by atoms with van der Waals surface area (Å²) in [5.74, 6) is -0.501. The first-order valence-electron chi connectivity index (χ1n) is 7.21. The summed E-state index contributed by atoms with van der Waals surface area (Å²) in [6, 6.07) is 15.3. The number of para-hydroxylation sites is 1. The quantitative estimate of drug-likeness (QED) is 0.775. The summed E-state index contributed by atoms with van der Waals surface area (Å²) in [5, 5.41) is 10.6. The Morgan fingerprint density at radius 3 is 2.57 bits per heavy atom. The minimum Gasteiger partial charge on any atom is -0.347 e. The van der Waals surface area contributed by atoms with E-state index in [2.05, 4.69) is 15.7 Å². The van der Waals surface area contributed by atoms with Gasteiger partial charge in [-0.2, -0.15) is 5.10 Å². The number of carbonyl (C=O) groups excluding carboxylic acids is 2. The molecule has 6 nitrogen and oxygen atoms in total. The summed E-state index contributed by atoms with van der Waals surface area (Å²) in [6.07, 6.45) is 1.82. The number of aromatic nitrogens is 2. The van der Waals surface area contributed by atoms with Crippen LogP contribution >= 0.6 is 0 Å². The molecule has 2 N–H and O–H groups in total. The molecule has 0 saturated carbocycles. The van der Waals surface area contributed by atoms with Crippen LogP contribution in [0.5, 0.6) is 0 Å². The van der Waals surface area contributed by atoms with Gasteiger partial charge >= 0.3 is 0 Å². The Bertz CT molecular complexity index is 852. The normalized spacial score (nSPS) is 10.5. The largest absolute Gasteiger partial charge is 0.347 e. The van der Waals surface area contributed by atoms with Gasteiger partial charge in [0.1, 0.15) is 0 Å². The number of amides is 2. The maximum Gasteiger partial charge on any atom is 0.243 e. The van der Waals surface area contributed by atoms with Gasteiger partial charge in [0, 0.05) is 18.0 Å². The molecule has 0 unspecified atom stereocenters. The highest BCUT2D eigenvalue weighted by molar-refractivity contribution is 5.94. The van der Waals surface area contributed by atoms with Gasteiger partial charge in [0.2, 0.25) is 11.8 Å². The highest BCUT2D eigenvalue weighted by Crippen LogP contribution is 2.19. The van der Waals surface area contributed by atoms with Crippen LogP contribution in [0.3, 0.4) is 0 Å². The molecule has 1 aromatic heterocycles. The lowest BCUT2D eigenvalue weighted by molar-refractivity contribution is -0.122. The van der Waals surface area contributed by atoms with Gasteiger partial charge in [0.25, 0.3) is 0 Å². The second-order valence-electron chi connectivity index (χ2n) is 5.12. The van der Waals surface area contributed by atoms with Crippen molar-refractivity contribution in [1.82, 2.24) is 15.1 Å². The summed E-state index contributed by atoms with van der Waals surface area (Å²) >= 11 is 0. The second kappa shape index (κ2) is 6.31. The third kappa shape index (κ3) is 3.37. The Hall–Kier alpha value is -3.15. The van der Waals surface area contributed by atoms with Crippen molar-refractivity contribution in [3.05, 3.63) is 54.7 Å². The lowest BCUT2D eigenvalue weighted by Gasteiger charge is -2.08. The fourth-order valence-electron chi connectivity index (χ4n) is 2.27. The van der Waals surface area contributed by atoms with Crippen LogP contribution in [0.1, 0.15) is 6.92 Å². The SMILES string of the molecule is CC(=O)NCC(=O)Nc1ccc(-n2ncc3ccccc32)cc1. The highest BCUT2D eigenvalue weighted by Gasteiger charge is 2.06. The molecule has 116 valence electrons. The van der Waals surface area contributed by atoms with E-state index in [1.165, 1.54) is 6.92 Å². The fraction of sp³-hybridized carbons (Fsp3) is 0.118. The summed E-state index contributed by atoms with van der Waals surface area (Å²) in [5.41, 5.74) is 2.60. The van der Waals surface area contributed by atoms with Gasteiger partial charge in [-0.15, -0.1) is 0 Å². The molecule has 3 rings (SSSR count). The lowest BCUT2D eigenvalue weighted by Crippen LogP contribution is -2.31. The van der Waals surface area contributed by atoms with E-state index in [0.717, 1.165) is 16.6 Å². The molecule has 0 aliphatic carbocycles. The fourth-order valence-corrected chi connectivity index (χ4v) is 2.27. The van der Waals surface area contributed by atoms with Crippen LogP contribution in [0.15, 0.2) is 54.7 Å². The Kier molecular flexibility index (Phi) is 4.05. The third-order valence-electron chi connectivity index (χ3n) is 3.37. The molecule has 3 aromatic rings. The van der Waals surface area contributed by atoms with Gasteiger partial charge in [-0.05, 0) is 30.3 Å². The van der Waals surface area contributed by atoms with Crippen LogP contribution in [0, 0.1) is 0 Å². The molecule has 0 atom stereocenters. The van der Waals surface area contributed by atoms with Crippen LogP contribution in [-0.4, -0.2) is 28.1 Å². The van der Waals surface area contributed by atoms with Crippen LogP contribution < -0.4 is 10.6 Å². The van der Waals surface area contributed by atoms with Crippen molar-refractivity contribution in [2.45, 2.75) is 6.92 Å². The van der Waals surface area contributed by atoms with Crippen LogP contribution in [-0.2, 0) is 9.59 Å². The highest BCUT2D eigenvalue weighted by atomic mass is 16.2. The number of nitrogens with zero attached hydrogens (tertiary/aromatic N) is 2. The van der Waals surface area contributed by atoms with E-state index in [1.54, 1.807) is 12.1 Å². The molecule has 0 fully saturated rings. The van der Waals surface area contributed by atoms with Gasteiger partial charge in [0.05, 0.1) is 23.9 Å². The van der Waals surface area contributed by atoms with E-state index in [-0.39, 0.29) is 18.4 Å². The van der Waals surface area contributed by atoms with Crippen molar-refractivity contribution in [1.29, 1.82) is 0 Å². The number of carbonyl (C=O) groups is 2. The predicted molar refractivity (Wildman–Crippen MR) is 88.4 cm³/mol. The Balaban J connectivity index is 1.74. The van der Waals surface area contributed by atoms with Gasteiger partial charge in [0.15, 0.2) is 0 Å². The Labute approximate surface area is 133 Å². The average molecular weight is 308 g/mol. The van der Waals surface area contributed by atoms with E-state index in [4.69, 9.17) is 0 Å². The van der Waals surface area contributed by atoms with E-state index in [1.807, 2.05) is 47.3 Å². The molecule has 0 bridgehead atoms. The van der Waals surface area contributed by atoms with Crippen molar-refractivity contribution in [2.24, 2.45) is 0 Å². The molecule has 0 aliphatic heterocycles. The van der Waals surface area contributed by atoms with Crippen molar-refractivity contribution >= 4 is 28.4 Å². The van der Waals surface area contributed by atoms with E-state index >= 15 is 0 Å². The minimum absolute atomic E-state index is 0.0408. The maximum absolute atomic E-state index is 11.7. The summed E-state index contributed by atoms with van der Waals surface area (Å²) < 4.78 is 1.85. The molecule has 0 saturated heterocycles. The number of hydrogen-bond acceptors (Lipinski definition) is 3. The van der Waals surface area contributed by atoms with Crippen molar-refractivity contribution in [2.75, 3.05) is 11.9 Å². The van der Waals surface area contributed by atoms with E-state index in [0.29, 0.717) is 5.69 Å². The summed E-state index contributed by atoms with van der Waals surface area (Å²) in [7, 11) is 0. The van der Waals surface area contributed by atoms with Gasteiger partial charge in [-0.1, -0.05) is 18.2 Å². The Morgan fingerprint density at radius 2 is 1.83 bits per heavy atom. The Morgan fingerprint density at radius 1 is 1.09 bits per heavy atom. The smallest absolute Gasteiger partial charge is 0.243 e. The summed E-state index contributed by atoms with van der Waals surface area (Å²) in [6.45, 7) is 1.33. The first kappa shape index (κ1) is 14.8. The summed E-state index contributed by atoms with van der Waals surface area (Å²) in [4.78, 5) is 22.4. The number of rotatable bonds is 4. The number of benzene rings is 2. The molecule has 1 heterocycles. The number of fused-ring (bicyclic) bond motifs is 1. The lowest BCUT2D eigenvalue weighted by atomic mass is 10.2. The van der Waals surface area contributed by atoms with Crippen LogP contribution in [0.25, 0.3) is 16.6 Å². The number of hydrogen-bond donors (Lipinski definition) is 2. The first-order chi connectivity index (χ1) is 11.1. The van der Waals surface area contributed by atoms with Crippen LogP contribution in [0.2, 0.25) is 0 Å². The second-order valence-corrected chi connectivity index (χ2v) is 5.12. The van der Waals surface area contributed by atoms with Crippen molar-refractivity contribution in [3.63, 3.8) is 0 Å². The zero-order chi connectivity index (χ0) is 16.2. The van der Waals surface area contributed by atoms with E-state index in [9.17, 15) is 9.59 Å². The number of anilines is 1. The van der Waals surface area contributed by atoms with Crippen LogP contribution in [0.4, 0.5) is 5.69 Å². The maximum atomic E-state index is 11.7. The molecular weight excluding hydrogens is 292 g/mol. The minimum atomic E-state index is -0.266. The van der Waals surface area contributed by atoms with Gasteiger partial charge in [-0.25, -0.2) is 4.68 Å². The molecule has 0 radical (unpaired) electrons. The standard InChI is InChI=1S/C17H16N4O2/c1-12(22)18-11-17(23)20-14-6-8-15(9-7-14)21-16-5-3-2-4-13(16)10-19-21/h2-10H,11H2,1H3,(H,18,22)(H,20,23). The molecule has 2 amide bonds. The topological polar surface area (TPSA) is 76.0 Å². The zero-order valence-electron chi connectivity index (χ0n) is 12.6. The van der Waals surface area contributed by atoms with Crippen molar-refractivity contribution in [3.8, 4) is 5.69 Å². The van der Waals surface area contributed by atoms with Gasteiger partial charge < -0.3 is 10.6 Å². The molecule has 2 aromatic carbocycles. The number of nitrogens with one attached hydrogen (secondary N) is 2.